The van der Waals surface area contributed by atoms with E-state index in [4.69, 9.17) is 9.47 Å². The monoisotopic (exact) mass is 628 g/mol. The molecule has 6 N–H and O–H groups in total. The van der Waals surface area contributed by atoms with Crippen molar-refractivity contribution in [3.63, 3.8) is 0 Å². The lowest BCUT2D eigenvalue weighted by atomic mass is 9.78. The minimum atomic E-state index is -1.80. The van der Waals surface area contributed by atoms with E-state index in [0.29, 0.717) is 44.7 Å². The van der Waals surface area contributed by atoms with Crippen LogP contribution < -0.4 is 9.47 Å². The number of ether oxygens (including phenoxy) is 2. The number of aromatic hydroxyl groups is 6. The van der Waals surface area contributed by atoms with Crippen LogP contribution in [0.25, 0.3) is 34.4 Å². The minimum absolute atomic E-state index is 0.0202. The normalized spacial score (nSPS) is 15.6. The number of aryl methyl sites for hydroxylation is 1. The molecule has 0 fully saturated rings. The van der Waals surface area contributed by atoms with Crippen molar-refractivity contribution < 1.29 is 40.1 Å². The van der Waals surface area contributed by atoms with Crippen LogP contribution in [0.4, 0.5) is 0 Å². The molecule has 2 heterocycles. The van der Waals surface area contributed by atoms with Crippen LogP contribution in [-0.2, 0) is 12.2 Å². The number of phenols is 6. The van der Waals surface area contributed by atoms with Crippen LogP contribution in [0.3, 0.4) is 0 Å². The minimum Gasteiger partial charge on any atom is -0.508 e. The fourth-order valence-electron chi connectivity index (χ4n) is 6.37. The highest BCUT2D eigenvalue weighted by atomic mass is 16.7. The molecule has 47 heavy (non-hydrogen) atoms. The van der Waals surface area contributed by atoms with Crippen molar-refractivity contribution in [3.05, 3.63) is 118 Å². The third-order valence-electron chi connectivity index (χ3n) is 8.54. The van der Waals surface area contributed by atoms with Crippen molar-refractivity contribution >= 4 is 12.2 Å². The van der Waals surface area contributed by atoms with Gasteiger partial charge in [0.1, 0.15) is 46.0 Å². The van der Waals surface area contributed by atoms with E-state index < -0.39 is 5.79 Å². The standard InChI is InChI=1S/C39H32O8/c1-20(2)4-10-27-31(42)13-12-30(38(27)45)39-37-28(26-11-9-25(41)19-34(26)46-39)14-21(3)15-29(37)36-33(44)16-22(17-35(36)47-39)5-6-23-7-8-24(40)18-32(23)43/h4-9,11-19,40-45H,10H2,1-3H3. The summed E-state index contributed by atoms with van der Waals surface area (Å²) in [5, 5.41) is 64.6. The Morgan fingerprint density at radius 3 is 2.17 bits per heavy atom. The third kappa shape index (κ3) is 4.86. The summed E-state index contributed by atoms with van der Waals surface area (Å²) in [5.74, 6) is -1.78. The molecular weight excluding hydrogens is 596 g/mol. The predicted octanol–water partition coefficient (Wildman–Crippen LogP) is 8.23. The number of phenolic OH excluding ortho intramolecular Hbond substituents is 6. The average Bonchev–Trinajstić information content (AvgIpc) is 2.99. The molecule has 0 bridgehead atoms. The number of hydrogen-bond donors (Lipinski definition) is 6. The van der Waals surface area contributed by atoms with Crippen LogP contribution in [0.2, 0.25) is 0 Å². The number of allylic oxidation sites excluding steroid dienone is 2. The van der Waals surface area contributed by atoms with Gasteiger partial charge in [0.25, 0.3) is 0 Å². The van der Waals surface area contributed by atoms with Gasteiger partial charge in [-0.15, -0.1) is 0 Å². The van der Waals surface area contributed by atoms with Gasteiger partial charge in [0, 0.05) is 34.4 Å². The van der Waals surface area contributed by atoms with E-state index in [1.807, 2.05) is 39.0 Å². The lowest BCUT2D eigenvalue weighted by molar-refractivity contribution is -0.0894. The van der Waals surface area contributed by atoms with Crippen molar-refractivity contribution in [2.45, 2.75) is 33.0 Å². The molecule has 0 spiro atoms. The van der Waals surface area contributed by atoms with Crippen molar-refractivity contribution in [2.24, 2.45) is 0 Å². The maximum Gasteiger partial charge on any atom is 0.310 e. The fraction of sp³-hybridized carbons (Fsp3) is 0.128. The highest BCUT2D eigenvalue weighted by Gasteiger charge is 2.52. The summed E-state index contributed by atoms with van der Waals surface area (Å²) in [7, 11) is 0. The second-order valence-corrected chi connectivity index (χ2v) is 12.2. The molecular formula is C39H32O8. The zero-order valence-corrected chi connectivity index (χ0v) is 25.9. The smallest absolute Gasteiger partial charge is 0.310 e. The number of fused-ring (bicyclic) bond motifs is 4. The van der Waals surface area contributed by atoms with Crippen molar-refractivity contribution in [1.29, 1.82) is 0 Å². The molecule has 7 rings (SSSR count). The largest absolute Gasteiger partial charge is 0.508 e. The lowest BCUT2D eigenvalue weighted by Gasteiger charge is -2.45. The zero-order valence-electron chi connectivity index (χ0n) is 25.9. The van der Waals surface area contributed by atoms with Gasteiger partial charge < -0.3 is 40.1 Å². The molecule has 2 aliphatic rings. The Morgan fingerprint density at radius 1 is 0.681 bits per heavy atom. The van der Waals surface area contributed by atoms with E-state index >= 15 is 0 Å². The lowest BCUT2D eigenvalue weighted by Crippen LogP contribution is -2.45. The van der Waals surface area contributed by atoms with Gasteiger partial charge in [0.15, 0.2) is 0 Å². The molecule has 2 aliphatic heterocycles. The van der Waals surface area contributed by atoms with Gasteiger partial charge >= 0.3 is 5.79 Å². The summed E-state index contributed by atoms with van der Waals surface area (Å²) >= 11 is 0. The van der Waals surface area contributed by atoms with E-state index in [1.54, 1.807) is 48.6 Å². The van der Waals surface area contributed by atoms with Gasteiger partial charge in [-0.25, -0.2) is 0 Å². The van der Waals surface area contributed by atoms with Gasteiger partial charge in [0.05, 0.1) is 16.7 Å². The second kappa shape index (κ2) is 10.8. The van der Waals surface area contributed by atoms with Gasteiger partial charge in [-0.3, -0.25) is 0 Å². The SMILES string of the molecule is CC(C)=CCc1c(O)ccc(C23Oc4cc(O)ccc4-c4cc(C)cc(c42)-c2c(O)cc(C=Cc4ccc(O)cc4O)cc2O3)c1O. The Bertz CT molecular complexity index is 2170. The Morgan fingerprint density at radius 2 is 1.40 bits per heavy atom. The van der Waals surface area contributed by atoms with E-state index in [0.717, 1.165) is 16.7 Å². The topological polar surface area (TPSA) is 140 Å². The molecule has 0 saturated carbocycles. The first-order valence-corrected chi connectivity index (χ1v) is 15.1. The highest BCUT2D eigenvalue weighted by molar-refractivity contribution is 5.92. The van der Waals surface area contributed by atoms with E-state index in [9.17, 15) is 30.6 Å². The molecule has 0 amide bonds. The van der Waals surface area contributed by atoms with Crippen molar-refractivity contribution in [3.8, 4) is 68.2 Å². The molecule has 8 nitrogen and oxygen atoms in total. The molecule has 8 heteroatoms. The maximum absolute atomic E-state index is 11.8. The Balaban J connectivity index is 1.49. The third-order valence-corrected chi connectivity index (χ3v) is 8.54. The quantitative estimate of drug-likeness (QED) is 0.0845. The molecule has 0 radical (unpaired) electrons. The maximum atomic E-state index is 11.8. The Kier molecular flexibility index (Phi) is 6.82. The molecule has 0 saturated heterocycles. The van der Waals surface area contributed by atoms with Gasteiger partial charge in [0.2, 0.25) is 0 Å². The molecule has 0 aromatic heterocycles. The first kappa shape index (κ1) is 29.7. The zero-order chi connectivity index (χ0) is 33.2. The predicted molar refractivity (Wildman–Crippen MR) is 179 cm³/mol. The Labute approximate surface area is 271 Å². The second-order valence-electron chi connectivity index (χ2n) is 12.2. The van der Waals surface area contributed by atoms with Crippen molar-refractivity contribution in [2.75, 3.05) is 0 Å². The summed E-state index contributed by atoms with van der Waals surface area (Å²) in [6.45, 7) is 5.80. The van der Waals surface area contributed by atoms with Crippen LogP contribution in [0.5, 0.6) is 46.0 Å². The first-order valence-electron chi connectivity index (χ1n) is 15.1. The molecule has 5 aromatic rings. The van der Waals surface area contributed by atoms with E-state index in [2.05, 4.69) is 0 Å². The van der Waals surface area contributed by atoms with Crippen LogP contribution in [0.15, 0.2) is 84.4 Å². The number of hydrogen-bond acceptors (Lipinski definition) is 8. The summed E-state index contributed by atoms with van der Waals surface area (Å²) < 4.78 is 13.6. The average molecular weight is 629 g/mol. The molecule has 1 unspecified atom stereocenters. The highest BCUT2D eigenvalue weighted by Crippen LogP contribution is 2.60. The molecule has 5 aromatic carbocycles. The van der Waals surface area contributed by atoms with Gasteiger partial charge in [-0.1, -0.05) is 35.9 Å². The first-order chi connectivity index (χ1) is 22.4. The van der Waals surface area contributed by atoms with Crippen LogP contribution in [0.1, 0.15) is 47.2 Å². The summed E-state index contributed by atoms with van der Waals surface area (Å²) in [6.07, 6.45) is 5.48. The van der Waals surface area contributed by atoms with Crippen molar-refractivity contribution in [1.82, 2.24) is 0 Å². The molecule has 1 atom stereocenters. The van der Waals surface area contributed by atoms with Crippen LogP contribution in [0, 0.1) is 6.92 Å². The Hall–Kier alpha value is -6.02. The fourth-order valence-corrected chi connectivity index (χ4v) is 6.37. The van der Waals surface area contributed by atoms with Gasteiger partial charge in [-0.2, -0.15) is 0 Å². The van der Waals surface area contributed by atoms with E-state index in [1.165, 1.54) is 24.3 Å². The molecule has 236 valence electrons. The van der Waals surface area contributed by atoms with Crippen LogP contribution in [-0.4, -0.2) is 30.6 Å². The summed E-state index contributed by atoms with van der Waals surface area (Å²) in [6, 6.07) is 19.3. The summed E-state index contributed by atoms with van der Waals surface area (Å²) in [4.78, 5) is 0. The molecule has 0 aliphatic carbocycles. The number of rotatable bonds is 5. The van der Waals surface area contributed by atoms with Gasteiger partial charge in [-0.05, 0) is 92.4 Å². The van der Waals surface area contributed by atoms with Crippen LogP contribution >= 0.6 is 0 Å². The van der Waals surface area contributed by atoms with E-state index in [-0.39, 0.29) is 52.2 Å². The number of benzene rings is 5. The summed E-state index contributed by atoms with van der Waals surface area (Å²) in [5.41, 5.74) is 6.45.